The van der Waals surface area contributed by atoms with Crippen LogP contribution in [0.2, 0.25) is 5.02 Å². The summed E-state index contributed by atoms with van der Waals surface area (Å²) in [6.45, 7) is 6.54. The van der Waals surface area contributed by atoms with Gasteiger partial charge in [-0.05, 0) is 43.2 Å². The second kappa shape index (κ2) is 10.3. The second-order valence-corrected chi connectivity index (χ2v) is 9.47. The molecule has 0 saturated carbocycles. The summed E-state index contributed by atoms with van der Waals surface area (Å²) in [5, 5.41) is 0.537. The normalized spacial score (nSPS) is 24.7. The Kier molecular flexibility index (Phi) is 6.76. The number of benzene rings is 1. The van der Waals surface area contributed by atoms with Gasteiger partial charge in [-0.15, -0.1) is 0 Å². The smallest absolute Gasteiger partial charge is 0.296 e. The molecule has 3 fully saturated rings. The van der Waals surface area contributed by atoms with Gasteiger partial charge in [0.05, 0.1) is 48.8 Å². The second-order valence-electron chi connectivity index (χ2n) is 9.06. The van der Waals surface area contributed by atoms with Gasteiger partial charge >= 0.3 is 0 Å². The highest BCUT2D eigenvalue weighted by molar-refractivity contribution is 6.33. The standard InChI is InChI=1S/C25H29ClN4O5/c26-18-14-19-24(29-25(27-19)35-21-15-34-20-6-11-33-23(20)21)28-22(18)16-2-4-17(5-3-16)32-10-1-7-30-8-12-31-13-9-30/h2-5,14,20-21,23H,1,6-13,15H2,(H,27,28,29)/t20-,21?,23+/m1/s1. The van der Waals surface area contributed by atoms with E-state index in [2.05, 4.69) is 14.9 Å². The first-order chi connectivity index (χ1) is 17.2. The number of hydrogen-bond donors (Lipinski definition) is 1. The van der Waals surface area contributed by atoms with Crippen LogP contribution in [-0.4, -0.2) is 90.8 Å². The summed E-state index contributed by atoms with van der Waals surface area (Å²) in [5.74, 6) is 0.828. The Bertz CT molecular complexity index is 1150. The third-order valence-corrected chi connectivity index (χ3v) is 7.00. The van der Waals surface area contributed by atoms with E-state index in [1.54, 1.807) is 0 Å². The van der Waals surface area contributed by atoms with Crippen molar-refractivity contribution in [2.24, 2.45) is 0 Å². The first-order valence-electron chi connectivity index (χ1n) is 12.2. The van der Waals surface area contributed by atoms with Crippen molar-refractivity contribution < 1.29 is 23.7 Å². The zero-order chi connectivity index (χ0) is 23.6. The Morgan fingerprint density at radius 2 is 1.94 bits per heavy atom. The van der Waals surface area contributed by atoms with Crippen LogP contribution < -0.4 is 9.47 Å². The van der Waals surface area contributed by atoms with Crippen LogP contribution in [0.1, 0.15) is 12.8 Å². The number of H-pyrrole nitrogens is 1. The summed E-state index contributed by atoms with van der Waals surface area (Å²) >= 11 is 6.57. The quantitative estimate of drug-likeness (QED) is 0.471. The number of morpholine rings is 1. The van der Waals surface area contributed by atoms with Gasteiger partial charge in [-0.2, -0.15) is 4.98 Å². The molecule has 0 aliphatic carbocycles. The van der Waals surface area contributed by atoms with Crippen LogP contribution in [0, 0.1) is 0 Å². The zero-order valence-corrected chi connectivity index (χ0v) is 20.2. The van der Waals surface area contributed by atoms with Crippen LogP contribution in [0.3, 0.4) is 0 Å². The summed E-state index contributed by atoms with van der Waals surface area (Å²) < 4.78 is 28.9. The molecule has 0 amide bonds. The number of nitrogens with zero attached hydrogens (tertiary/aromatic N) is 3. The molecule has 3 saturated heterocycles. The number of nitrogens with one attached hydrogen (secondary N) is 1. The predicted octanol–water partition coefficient (Wildman–Crippen LogP) is 3.31. The Morgan fingerprint density at radius 3 is 2.80 bits per heavy atom. The Labute approximate surface area is 208 Å². The van der Waals surface area contributed by atoms with Crippen molar-refractivity contribution in [3.8, 4) is 23.0 Å². The monoisotopic (exact) mass is 500 g/mol. The van der Waals surface area contributed by atoms with E-state index < -0.39 is 0 Å². The van der Waals surface area contributed by atoms with E-state index >= 15 is 0 Å². The summed E-state index contributed by atoms with van der Waals surface area (Å²) in [7, 11) is 0. The lowest BCUT2D eigenvalue weighted by Gasteiger charge is -2.26. The van der Waals surface area contributed by atoms with Gasteiger partial charge in [0.2, 0.25) is 0 Å². The van der Waals surface area contributed by atoms with Crippen molar-refractivity contribution in [1.82, 2.24) is 19.9 Å². The van der Waals surface area contributed by atoms with Crippen LogP contribution in [0.4, 0.5) is 0 Å². The van der Waals surface area contributed by atoms with E-state index in [0.29, 0.717) is 42.2 Å². The number of hydrogen-bond acceptors (Lipinski definition) is 8. The number of halogens is 1. The molecule has 3 aliphatic rings. The maximum absolute atomic E-state index is 6.57. The molecule has 35 heavy (non-hydrogen) atoms. The molecule has 0 spiro atoms. The SMILES string of the molecule is Clc1cc2[nH]c(OC3CO[C@@H]4CCO[C@H]34)nc2nc1-c1ccc(OCCCN2CCOCC2)cc1. The van der Waals surface area contributed by atoms with Crippen LogP contribution in [0.15, 0.2) is 30.3 Å². The summed E-state index contributed by atoms with van der Waals surface area (Å²) in [5.41, 5.74) is 2.83. The topological polar surface area (TPSA) is 91.0 Å². The molecule has 3 aromatic rings. The number of ether oxygens (including phenoxy) is 5. The minimum absolute atomic E-state index is 0.0459. The lowest BCUT2D eigenvalue weighted by molar-refractivity contribution is 0.0273. The van der Waals surface area contributed by atoms with E-state index in [-0.39, 0.29) is 18.3 Å². The number of aromatic nitrogens is 3. The molecule has 1 aromatic carbocycles. The van der Waals surface area contributed by atoms with Gasteiger partial charge in [0.15, 0.2) is 11.8 Å². The van der Waals surface area contributed by atoms with Gasteiger partial charge in [0, 0.05) is 31.8 Å². The molecule has 1 N–H and O–H groups in total. The van der Waals surface area contributed by atoms with Gasteiger partial charge in [-0.25, -0.2) is 4.98 Å². The number of aromatic amines is 1. The first-order valence-corrected chi connectivity index (χ1v) is 12.6. The van der Waals surface area contributed by atoms with Crippen molar-refractivity contribution in [1.29, 1.82) is 0 Å². The molecular weight excluding hydrogens is 472 g/mol. The van der Waals surface area contributed by atoms with E-state index in [9.17, 15) is 0 Å². The molecule has 10 heteroatoms. The van der Waals surface area contributed by atoms with Gasteiger partial charge in [-0.3, -0.25) is 4.90 Å². The lowest BCUT2D eigenvalue weighted by atomic mass is 10.1. The molecule has 1 unspecified atom stereocenters. The predicted molar refractivity (Wildman–Crippen MR) is 130 cm³/mol. The molecule has 6 rings (SSSR count). The fourth-order valence-electron chi connectivity index (χ4n) is 4.84. The average Bonchev–Trinajstić information content (AvgIpc) is 3.60. The molecule has 0 bridgehead atoms. The molecule has 5 heterocycles. The van der Waals surface area contributed by atoms with Gasteiger partial charge in [-0.1, -0.05) is 11.6 Å². The lowest BCUT2D eigenvalue weighted by Crippen LogP contribution is -2.37. The van der Waals surface area contributed by atoms with E-state index in [0.717, 1.165) is 62.5 Å². The Balaban J connectivity index is 1.09. The molecule has 0 radical (unpaired) electrons. The maximum Gasteiger partial charge on any atom is 0.296 e. The molecule has 3 atom stereocenters. The summed E-state index contributed by atoms with van der Waals surface area (Å²) in [6, 6.07) is 10.1. The van der Waals surface area contributed by atoms with Crippen molar-refractivity contribution >= 4 is 22.8 Å². The number of rotatable bonds is 8. The third-order valence-electron chi connectivity index (χ3n) is 6.71. The van der Waals surface area contributed by atoms with Crippen molar-refractivity contribution in [3.05, 3.63) is 35.4 Å². The van der Waals surface area contributed by atoms with Crippen molar-refractivity contribution in [2.45, 2.75) is 31.2 Å². The van der Waals surface area contributed by atoms with E-state index in [4.69, 9.17) is 40.3 Å². The van der Waals surface area contributed by atoms with E-state index in [1.165, 1.54) is 0 Å². The summed E-state index contributed by atoms with van der Waals surface area (Å²) in [6.07, 6.45) is 1.77. The molecule has 2 aromatic heterocycles. The van der Waals surface area contributed by atoms with Crippen LogP contribution >= 0.6 is 11.6 Å². The summed E-state index contributed by atoms with van der Waals surface area (Å²) in [4.78, 5) is 14.8. The molecular formula is C25H29ClN4O5. The maximum atomic E-state index is 6.57. The largest absolute Gasteiger partial charge is 0.494 e. The Hall–Kier alpha value is -2.43. The van der Waals surface area contributed by atoms with Crippen LogP contribution in [0.25, 0.3) is 22.4 Å². The van der Waals surface area contributed by atoms with Crippen molar-refractivity contribution in [3.63, 3.8) is 0 Å². The minimum atomic E-state index is -0.181. The van der Waals surface area contributed by atoms with Gasteiger partial charge in [0.1, 0.15) is 11.9 Å². The first kappa shape index (κ1) is 23.0. The molecule has 3 aliphatic heterocycles. The third kappa shape index (κ3) is 5.10. The molecule has 186 valence electrons. The average molecular weight is 501 g/mol. The zero-order valence-electron chi connectivity index (χ0n) is 19.5. The fourth-order valence-corrected chi connectivity index (χ4v) is 5.10. The minimum Gasteiger partial charge on any atom is -0.494 e. The number of pyridine rings is 1. The highest BCUT2D eigenvalue weighted by atomic mass is 35.5. The number of imidazole rings is 1. The highest BCUT2D eigenvalue weighted by Gasteiger charge is 2.43. The number of fused-ring (bicyclic) bond motifs is 2. The van der Waals surface area contributed by atoms with Crippen LogP contribution in [0.5, 0.6) is 11.8 Å². The van der Waals surface area contributed by atoms with Crippen molar-refractivity contribution in [2.75, 3.05) is 52.7 Å². The fraction of sp³-hybridized carbons (Fsp3) is 0.520. The van der Waals surface area contributed by atoms with Gasteiger partial charge in [0.25, 0.3) is 6.01 Å². The highest BCUT2D eigenvalue weighted by Crippen LogP contribution is 2.32. The molecule has 9 nitrogen and oxygen atoms in total. The van der Waals surface area contributed by atoms with Crippen LogP contribution in [-0.2, 0) is 14.2 Å². The van der Waals surface area contributed by atoms with Gasteiger partial charge < -0.3 is 28.7 Å². The van der Waals surface area contributed by atoms with E-state index in [1.807, 2.05) is 30.3 Å². The Morgan fingerprint density at radius 1 is 1.09 bits per heavy atom.